The van der Waals surface area contributed by atoms with E-state index in [9.17, 15) is 0 Å². The van der Waals surface area contributed by atoms with E-state index in [1.165, 1.54) is 12.8 Å². The fourth-order valence-electron chi connectivity index (χ4n) is 2.03. The molecule has 4 nitrogen and oxygen atoms in total. The number of anilines is 1. The Bertz CT molecular complexity index is 364. The topological polar surface area (TPSA) is 54.2 Å². The van der Waals surface area contributed by atoms with Gasteiger partial charge in [-0.25, -0.2) is 10.8 Å². The van der Waals surface area contributed by atoms with Gasteiger partial charge in [0.25, 0.3) is 0 Å². The molecule has 0 atom stereocenters. The average Bonchev–Trinajstić information content (AvgIpc) is 2.41. The highest BCUT2D eigenvalue weighted by atomic mass is 15.3. The Labute approximate surface area is 123 Å². The highest BCUT2D eigenvalue weighted by Gasteiger charge is 2.09. The van der Waals surface area contributed by atoms with Crippen LogP contribution in [0.25, 0.3) is 0 Å². The molecule has 0 aliphatic carbocycles. The first-order chi connectivity index (χ1) is 9.51. The Hall–Kier alpha value is -1.13. The first-order valence-corrected chi connectivity index (χ1v) is 7.66. The monoisotopic (exact) mass is 278 g/mol. The van der Waals surface area contributed by atoms with E-state index >= 15 is 0 Å². The summed E-state index contributed by atoms with van der Waals surface area (Å²) in [4.78, 5) is 7.01. The molecule has 0 spiro atoms. The van der Waals surface area contributed by atoms with Gasteiger partial charge in [-0.05, 0) is 49.9 Å². The summed E-state index contributed by atoms with van der Waals surface area (Å²) in [5.74, 6) is 7.63. The van der Waals surface area contributed by atoms with Gasteiger partial charge >= 0.3 is 0 Å². The second-order valence-corrected chi connectivity index (χ2v) is 6.30. The van der Waals surface area contributed by atoms with E-state index in [0.29, 0.717) is 0 Å². The summed E-state index contributed by atoms with van der Waals surface area (Å²) in [5, 5.41) is 0. The molecule has 20 heavy (non-hydrogen) atoms. The van der Waals surface area contributed by atoms with Crippen LogP contribution in [0.3, 0.4) is 0 Å². The summed E-state index contributed by atoms with van der Waals surface area (Å²) in [7, 11) is 0. The van der Waals surface area contributed by atoms with Crippen LogP contribution >= 0.6 is 0 Å². The second kappa shape index (κ2) is 8.93. The van der Waals surface area contributed by atoms with Crippen LogP contribution < -0.4 is 11.3 Å². The first-order valence-electron chi connectivity index (χ1n) is 7.66. The molecule has 0 radical (unpaired) electrons. The Morgan fingerprint density at radius 1 is 1.10 bits per heavy atom. The molecule has 0 saturated heterocycles. The van der Waals surface area contributed by atoms with Crippen LogP contribution in [-0.4, -0.2) is 23.0 Å². The predicted molar refractivity (Wildman–Crippen MR) is 86.2 cm³/mol. The van der Waals surface area contributed by atoms with Crippen molar-refractivity contribution in [3.63, 3.8) is 0 Å². The summed E-state index contributed by atoms with van der Waals surface area (Å²) < 4.78 is 0. The molecule has 1 heterocycles. The molecular weight excluding hydrogens is 248 g/mol. The van der Waals surface area contributed by atoms with Gasteiger partial charge in [0, 0.05) is 6.54 Å². The number of nitrogens with one attached hydrogen (secondary N) is 1. The lowest BCUT2D eigenvalue weighted by molar-refractivity contribution is 0.233. The molecule has 0 saturated carbocycles. The Morgan fingerprint density at radius 2 is 1.70 bits per heavy atom. The lowest BCUT2D eigenvalue weighted by atomic mass is 10.1. The maximum Gasteiger partial charge on any atom is 0.140 e. The van der Waals surface area contributed by atoms with E-state index in [2.05, 4.69) is 49.1 Å². The third-order valence-electron chi connectivity index (χ3n) is 3.39. The van der Waals surface area contributed by atoms with Crippen molar-refractivity contribution >= 4 is 5.82 Å². The minimum absolute atomic E-state index is 0.732. The van der Waals surface area contributed by atoms with Gasteiger partial charge < -0.3 is 5.43 Å². The normalized spacial score (nSPS) is 11.6. The van der Waals surface area contributed by atoms with Gasteiger partial charge in [-0.3, -0.25) is 4.90 Å². The van der Waals surface area contributed by atoms with Crippen molar-refractivity contribution in [2.45, 2.75) is 47.1 Å². The summed E-state index contributed by atoms with van der Waals surface area (Å²) >= 11 is 0. The Morgan fingerprint density at radius 3 is 2.20 bits per heavy atom. The zero-order chi connectivity index (χ0) is 15.0. The van der Waals surface area contributed by atoms with E-state index in [1.807, 2.05) is 12.1 Å². The average molecular weight is 278 g/mol. The Balaban J connectivity index is 2.61. The minimum Gasteiger partial charge on any atom is -0.308 e. The van der Waals surface area contributed by atoms with Crippen molar-refractivity contribution in [1.82, 2.24) is 9.88 Å². The third-order valence-corrected chi connectivity index (χ3v) is 3.39. The smallest absolute Gasteiger partial charge is 0.140 e. The number of aromatic nitrogens is 1. The van der Waals surface area contributed by atoms with Crippen LogP contribution in [0.15, 0.2) is 18.2 Å². The van der Waals surface area contributed by atoms with Crippen molar-refractivity contribution in [3.8, 4) is 0 Å². The van der Waals surface area contributed by atoms with Crippen LogP contribution in [0.4, 0.5) is 5.82 Å². The fourth-order valence-corrected chi connectivity index (χ4v) is 2.03. The summed E-state index contributed by atoms with van der Waals surface area (Å²) in [5.41, 5.74) is 3.69. The number of nitrogens with zero attached hydrogens (tertiary/aromatic N) is 2. The molecule has 1 aromatic rings. The molecule has 0 fully saturated rings. The van der Waals surface area contributed by atoms with Crippen molar-refractivity contribution < 1.29 is 0 Å². The molecule has 0 bridgehead atoms. The van der Waals surface area contributed by atoms with E-state index in [4.69, 9.17) is 5.84 Å². The molecule has 0 unspecified atom stereocenters. The highest BCUT2D eigenvalue weighted by Crippen LogP contribution is 2.11. The lowest BCUT2D eigenvalue weighted by Gasteiger charge is -2.24. The van der Waals surface area contributed by atoms with Gasteiger partial charge in [0.1, 0.15) is 5.82 Å². The molecule has 3 N–H and O–H groups in total. The van der Waals surface area contributed by atoms with Crippen LogP contribution in [-0.2, 0) is 6.54 Å². The summed E-state index contributed by atoms with van der Waals surface area (Å²) in [6.07, 6.45) is 2.46. The SMILES string of the molecule is CC(C)CCN(CCC(C)C)Cc1cccc(NN)n1. The van der Waals surface area contributed by atoms with Crippen molar-refractivity contribution in [2.24, 2.45) is 17.7 Å². The van der Waals surface area contributed by atoms with Crippen LogP contribution in [0.5, 0.6) is 0 Å². The number of hydrazine groups is 1. The molecular formula is C16H30N4. The van der Waals surface area contributed by atoms with Crippen LogP contribution in [0.1, 0.15) is 46.2 Å². The van der Waals surface area contributed by atoms with Crippen molar-refractivity contribution in [3.05, 3.63) is 23.9 Å². The predicted octanol–water partition coefficient (Wildman–Crippen LogP) is 3.26. The molecule has 1 rings (SSSR count). The van der Waals surface area contributed by atoms with Gasteiger partial charge in [0.05, 0.1) is 5.69 Å². The fraction of sp³-hybridized carbons (Fsp3) is 0.688. The van der Waals surface area contributed by atoms with E-state index < -0.39 is 0 Å². The van der Waals surface area contributed by atoms with Gasteiger partial charge in [-0.2, -0.15) is 0 Å². The molecule has 1 aromatic heterocycles. The summed E-state index contributed by atoms with van der Waals surface area (Å²) in [6, 6.07) is 5.95. The number of rotatable bonds is 9. The van der Waals surface area contributed by atoms with Gasteiger partial charge in [-0.15, -0.1) is 0 Å². The second-order valence-electron chi connectivity index (χ2n) is 6.30. The van der Waals surface area contributed by atoms with Gasteiger partial charge in [0.2, 0.25) is 0 Å². The van der Waals surface area contributed by atoms with Crippen LogP contribution in [0.2, 0.25) is 0 Å². The molecule has 0 amide bonds. The van der Waals surface area contributed by atoms with Crippen molar-refractivity contribution in [2.75, 3.05) is 18.5 Å². The largest absolute Gasteiger partial charge is 0.308 e. The minimum atomic E-state index is 0.732. The molecule has 4 heteroatoms. The van der Waals surface area contributed by atoms with E-state index in [-0.39, 0.29) is 0 Å². The standard InChI is InChI=1S/C16H30N4/c1-13(2)8-10-20(11-9-14(3)4)12-15-6-5-7-16(18-15)19-17/h5-7,13-14H,8-12,17H2,1-4H3,(H,18,19). The third kappa shape index (κ3) is 6.87. The molecule has 114 valence electrons. The molecule has 0 aliphatic heterocycles. The maximum atomic E-state index is 5.42. The van der Waals surface area contributed by atoms with Gasteiger partial charge in [-0.1, -0.05) is 33.8 Å². The number of nitrogen functional groups attached to an aromatic ring is 1. The quantitative estimate of drug-likeness (QED) is 0.538. The van der Waals surface area contributed by atoms with Gasteiger partial charge in [0.15, 0.2) is 0 Å². The zero-order valence-corrected chi connectivity index (χ0v) is 13.4. The lowest BCUT2D eigenvalue weighted by Crippen LogP contribution is -2.28. The zero-order valence-electron chi connectivity index (χ0n) is 13.4. The van der Waals surface area contributed by atoms with Crippen molar-refractivity contribution in [1.29, 1.82) is 0 Å². The number of hydrogen-bond donors (Lipinski definition) is 2. The number of pyridine rings is 1. The van der Waals surface area contributed by atoms with Crippen LogP contribution in [0, 0.1) is 11.8 Å². The van der Waals surface area contributed by atoms with E-state index in [1.54, 1.807) is 0 Å². The maximum absolute atomic E-state index is 5.42. The van der Waals surface area contributed by atoms with E-state index in [0.717, 1.165) is 43.0 Å². The molecule has 0 aliphatic rings. The molecule has 0 aromatic carbocycles. The highest BCUT2D eigenvalue weighted by molar-refractivity contribution is 5.33. The summed E-state index contributed by atoms with van der Waals surface area (Å²) in [6.45, 7) is 12.3. The first kappa shape index (κ1) is 16.9. The number of hydrogen-bond acceptors (Lipinski definition) is 4. The number of nitrogens with two attached hydrogens (primary N) is 1. The Kier molecular flexibility index (Phi) is 7.55.